The van der Waals surface area contributed by atoms with E-state index in [1.54, 1.807) is 0 Å². The van der Waals surface area contributed by atoms with Crippen LogP contribution in [-0.4, -0.2) is 17.6 Å². The number of halogens is 1. The molecular formula is C11H14IN5. The van der Waals surface area contributed by atoms with Crippen LogP contribution in [0.3, 0.4) is 0 Å². The molecule has 90 valence electrons. The number of hydrogen-bond acceptors (Lipinski definition) is 5. The van der Waals surface area contributed by atoms with E-state index in [9.17, 15) is 0 Å². The molecule has 0 unspecified atom stereocenters. The molecule has 2 rings (SSSR count). The van der Waals surface area contributed by atoms with Crippen molar-refractivity contribution in [1.82, 2.24) is 5.32 Å². The summed E-state index contributed by atoms with van der Waals surface area (Å²) >= 11 is 2.26. The Bertz CT molecular complexity index is 475. The van der Waals surface area contributed by atoms with Crippen LogP contribution < -0.4 is 16.4 Å². The van der Waals surface area contributed by atoms with Gasteiger partial charge in [-0.15, -0.1) is 0 Å². The van der Waals surface area contributed by atoms with Gasteiger partial charge < -0.3 is 16.4 Å². The van der Waals surface area contributed by atoms with Gasteiger partial charge in [0, 0.05) is 9.26 Å². The summed E-state index contributed by atoms with van der Waals surface area (Å²) in [7, 11) is 0. The molecule has 0 radical (unpaired) electrons. The third-order valence-corrected chi connectivity index (χ3v) is 2.87. The maximum absolute atomic E-state index is 5.66. The van der Waals surface area contributed by atoms with Crippen molar-refractivity contribution in [3.8, 4) is 0 Å². The van der Waals surface area contributed by atoms with Crippen molar-refractivity contribution in [3.05, 3.63) is 27.8 Å². The molecule has 6 heteroatoms. The summed E-state index contributed by atoms with van der Waals surface area (Å²) in [6.07, 6.45) is 0. The minimum Gasteiger partial charge on any atom is -0.368 e. The molecule has 1 aliphatic rings. The predicted molar refractivity (Wildman–Crippen MR) is 79.1 cm³/mol. The Kier molecular flexibility index (Phi) is 3.23. The van der Waals surface area contributed by atoms with Crippen LogP contribution in [0, 0.1) is 3.57 Å². The fraction of sp³-hybridized carbons (Fsp3) is 0.273. The third kappa shape index (κ3) is 3.32. The number of aliphatic imine (C=N–C) groups is 2. The smallest absolute Gasteiger partial charge is 0.220 e. The number of nitrogens with two attached hydrogens (primary N) is 1. The number of benzene rings is 1. The van der Waals surface area contributed by atoms with Crippen LogP contribution in [0.5, 0.6) is 0 Å². The minimum atomic E-state index is -0.433. The summed E-state index contributed by atoms with van der Waals surface area (Å²) in [6.45, 7) is 3.87. The highest BCUT2D eigenvalue weighted by Crippen LogP contribution is 2.13. The van der Waals surface area contributed by atoms with Crippen molar-refractivity contribution >= 4 is 40.2 Å². The van der Waals surface area contributed by atoms with Gasteiger partial charge in [-0.05, 0) is 60.7 Å². The van der Waals surface area contributed by atoms with Crippen molar-refractivity contribution < 1.29 is 0 Å². The van der Waals surface area contributed by atoms with E-state index in [4.69, 9.17) is 5.73 Å². The van der Waals surface area contributed by atoms with Crippen molar-refractivity contribution in [2.75, 3.05) is 5.32 Å². The molecule has 4 N–H and O–H groups in total. The van der Waals surface area contributed by atoms with E-state index in [0.717, 1.165) is 5.69 Å². The standard InChI is InChI=1S/C11H14IN5/c1-11(2)16-9(13)15-10(17-11)14-8-5-3-7(12)4-6-8/h3-6H,1-2H3,(H4,13,14,15,16,17). The Labute approximate surface area is 114 Å². The summed E-state index contributed by atoms with van der Waals surface area (Å²) < 4.78 is 1.19. The lowest BCUT2D eigenvalue weighted by Gasteiger charge is -2.27. The highest BCUT2D eigenvalue weighted by Gasteiger charge is 2.22. The maximum Gasteiger partial charge on any atom is 0.220 e. The Hall–Kier alpha value is -1.31. The first-order valence-corrected chi connectivity index (χ1v) is 6.27. The van der Waals surface area contributed by atoms with Gasteiger partial charge in [-0.2, -0.15) is 4.99 Å². The Balaban J connectivity index is 2.15. The van der Waals surface area contributed by atoms with Crippen LogP contribution in [-0.2, 0) is 0 Å². The SMILES string of the molecule is CC1(C)N=C(N)N=C(Nc2ccc(I)cc2)N1. The monoisotopic (exact) mass is 343 g/mol. The maximum atomic E-state index is 5.66. The van der Waals surface area contributed by atoms with Gasteiger partial charge in [-0.1, -0.05) is 0 Å². The molecule has 1 aromatic rings. The first-order chi connectivity index (χ1) is 7.94. The van der Waals surface area contributed by atoms with E-state index in [-0.39, 0.29) is 5.96 Å². The molecule has 0 spiro atoms. The largest absolute Gasteiger partial charge is 0.368 e. The van der Waals surface area contributed by atoms with Gasteiger partial charge in [0.05, 0.1) is 0 Å². The Morgan fingerprint density at radius 1 is 1.29 bits per heavy atom. The van der Waals surface area contributed by atoms with Crippen LogP contribution in [0.2, 0.25) is 0 Å². The molecule has 0 atom stereocenters. The van der Waals surface area contributed by atoms with E-state index in [2.05, 4.69) is 43.2 Å². The first-order valence-electron chi connectivity index (χ1n) is 5.19. The van der Waals surface area contributed by atoms with Crippen LogP contribution >= 0.6 is 22.6 Å². The number of hydrogen-bond donors (Lipinski definition) is 3. The predicted octanol–water partition coefficient (Wildman–Crippen LogP) is 1.71. The normalized spacial score (nSPS) is 17.8. The zero-order chi connectivity index (χ0) is 12.5. The molecule has 0 saturated carbocycles. The lowest BCUT2D eigenvalue weighted by Crippen LogP contribution is -2.49. The van der Waals surface area contributed by atoms with Crippen molar-refractivity contribution in [3.63, 3.8) is 0 Å². The zero-order valence-corrected chi connectivity index (χ0v) is 11.8. The molecule has 1 heterocycles. The van der Waals surface area contributed by atoms with E-state index < -0.39 is 5.66 Å². The van der Waals surface area contributed by atoms with Crippen LogP contribution in [0.4, 0.5) is 5.69 Å². The molecule has 0 fully saturated rings. The van der Waals surface area contributed by atoms with Gasteiger partial charge in [-0.25, -0.2) is 4.99 Å². The minimum absolute atomic E-state index is 0.279. The van der Waals surface area contributed by atoms with Gasteiger partial charge >= 0.3 is 0 Å². The van der Waals surface area contributed by atoms with Crippen LogP contribution in [0.25, 0.3) is 0 Å². The topological polar surface area (TPSA) is 74.8 Å². The molecule has 0 aliphatic carbocycles. The van der Waals surface area contributed by atoms with Gasteiger partial charge in [0.1, 0.15) is 5.66 Å². The zero-order valence-electron chi connectivity index (χ0n) is 9.66. The summed E-state index contributed by atoms with van der Waals surface area (Å²) in [5, 5.41) is 6.32. The molecule has 17 heavy (non-hydrogen) atoms. The Morgan fingerprint density at radius 2 is 1.94 bits per heavy atom. The van der Waals surface area contributed by atoms with E-state index in [1.165, 1.54) is 3.57 Å². The molecule has 1 aliphatic heterocycles. The molecule has 0 saturated heterocycles. The molecule has 0 bridgehead atoms. The highest BCUT2D eigenvalue weighted by molar-refractivity contribution is 14.1. The lowest BCUT2D eigenvalue weighted by molar-refractivity contribution is 0.478. The number of guanidine groups is 2. The highest BCUT2D eigenvalue weighted by atomic mass is 127. The van der Waals surface area contributed by atoms with E-state index >= 15 is 0 Å². The average molecular weight is 343 g/mol. The second kappa shape index (κ2) is 4.52. The van der Waals surface area contributed by atoms with Gasteiger partial charge in [0.25, 0.3) is 0 Å². The molecular weight excluding hydrogens is 329 g/mol. The molecule has 0 aromatic heterocycles. The quantitative estimate of drug-likeness (QED) is 0.680. The summed E-state index contributed by atoms with van der Waals surface area (Å²) in [4.78, 5) is 8.29. The van der Waals surface area contributed by atoms with Gasteiger partial charge in [0.2, 0.25) is 11.9 Å². The lowest BCUT2D eigenvalue weighted by atomic mass is 10.2. The number of nitrogens with zero attached hydrogens (tertiary/aromatic N) is 2. The number of anilines is 1. The number of nitrogens with one attached hydrogen (secondary N) is 2. The van der Waals surface area contributed by atoms with E-state index in [1.807, 2.05) is 38.1 Å². The first kappa shape index (κ1) is 12.2. The molecule has 5 nitrogen and oxygen atoms in total. The van der Waals surface area contributed by atoms with Gasteiger partial charge in [-0.3, -0.25) is 0 Å². The molecule has 1 aromatic carbocycles. The summed E-state index contributed by atoms with van der Waals surface area (Å²) in [5.74, 6) is 0.894. The Morgan fingerprint density at radius 3 is 2.53 bits per heavy atom. The second-order valence-electron chi connectivity index (χ2n) is 4.25. The molecule has 0 amide bonds. The van der Waals surface area contributed by atoms with Gasteiger partial charge in [0.15, 0.2) is 0 Å². The van der Waals surface area contributed by atoms with Crippen molar-refractivity contribution in [2.24, 2.45) is 15.7 Å². The third-order valence-electron chi connectivity index (χ3n) is 2.15. The summed E-state index contributed by atoms with van der Waals surface area (Å²) in [5.41, 5.74) is 6.19. The van der Waals surface area contributed by atoms with Crippen molar-refractivity contribution in [2.45, 2.75) is 19.5 Å². The van der Waals surface area contributed by atoms with Crippen molar-refractivity contribution in [1.29, 1.82) is 0 Å². The fourth-order valence-electron chi connectivity index (χ4n) is 1.50. The second-order valence-corrected chi connectivity index (χ2v) is 5.49. The van der Waals surface area contributed by atoms with E-state index in [0.29, 0.717) is 5.96 Å². The van der Waals surface area contributed by atoms with Crippen LogP contribution in [0.15, 0.2) is 34.3 Å². The average Bonchev–Trinajstić information content (AvgIpc) is 2.18. The summed E-state index contributed by atoms with van der Waals surface area (Å²) in [6, 6.07) is 8.02. The number of rotatable bonds is 1. The fourth-order valence-corrected chi connectivity index (χ4v) is 1.86. The van der Waals surface area contributed by atoms with Crippen LogP contribution in [0.1, 0.15) is 13.8 Å².